The minimum absolute atomic E-state index is 0.531. The molecule has 0 fully saturated rings. The first kappa shape index (κ1) is 11.5. The highest BCUT2D eigenvalue weighted by molar-refractivity contribution is 7.98. The second-order valence-corrected chi connectivity index (χ2v) is 4.60. The normalized spacial score (nSPS) is 10.6. The number of rotatable bonds is 4. The predicted octanol–water partition coefficient (Wildman–Crippen LogP) is 3.24. The second-order valence-electron chi connectivity index (χ2n) is 3.27. The van der Waals surface area contributed by atoms with Crippen molar-refractivity contribution < 1.29 is 0 Å². The summed E-state index contributed by atoms with van der Waals surface area (Å²) in [5, 5.41) is 1.57. The molecule has 16 heavy (non-hydrogen) atoms. The van der Waals surface area contributed by atoms with Crippen LogP contribution >= 0.6 is 23.4 Å². The van der Waals surface area contributed by atoms with Crippen molar-refractivity contribution in [1.82, 2.24) is 14.5 Å². The Morgan fingerprint density at radius 1 is 1.38 bits per heavy atom. The summed E-state index contributed by atoms with van der Waals surface area (Å²) in [5.74, 6) is 0.862. The summed E-state index contributed by atoms with van der Waals surface area (Å²) in [7, 11) is 0. The molecule has 0 saturated heterocycles. The van der Waals surface area contributed by atoms with Crippen molar-refractivity contribution in [2.75, 3.05) is 0 Å². The minimum atomic E-state index is 0.531. The molecule has 0 saturated carbocycles. The van der Waals surface area contributed by atoms with Gasteiger partial charge >= 0.3 is 0 Å². The zero-order valence-corrected chi connectivity index (χ0v) is 10.5. The van der Waals surface area contributed by atoms with Gasteiger partial charge in [0.05, 0.1) is 0 Å². The first-order chi connectivity index (χ1) is 7.79. The van der Waals surface area contributed by atoms with Gasteiger partial charge in [-0.25, -0.2) is 9.97 Å². The van der Waals surface area contributed by atoms with E-state index in [0.29, 0.717) is 5.15 Å². The standard InChI is InChI=1S/C11H12ClN3S/c1-2-15-6-5-13-11(15)16-8-9-3-4-10(12)14-7-9/h3-7H,2,8H2,1H3. The SMILES string of the molecule is CCn1ccnc1SCc1ccc(Cl)nc1. The molecule has 0 aliphatic rings. The third-order valence-electron chi connectivity index (χ3n) is 2.17. The van der Waals surface area contributed by atoms with E-state index in [-0.39, 0.29) is 0 Å². The molecule has 5 heteroatoms. The van der Waals surface area contributed by atoms with Crippen LogP contribution in [0.2, 0.25) is 5.15 Å². The van der Waals surface area contributed by atoms with Crippen molar-refractivity contribution in [2.45, 2.75) is 24.4 Å². The highest BCUT2D eigenvalue weighted by Crippen LogP contribution is 2.21. The number of nitrogens with zero attached hydrogens (tertiary/aromatic N) is 3. The topological polar surface area (TPSA) is 30.7 Å². The average molecular weight is 254 g/mol. The number of halogens is 1. The van der Waals surface area contributed by atoms with Gasteiger partial charge in [-0.2, -0.15) is 0 Å². The lowest BCUT2D eigenvalue weighted by molar-refractivity contribution is 0.681. The number of hydrogen-bond donors (Lipinski definition) is 0. The van der Waals surface area contributed by atoms with Crippen LogP contribution in [-0.4, -0.2) is 14.5 Å². The van der Waals surface area contributed by atoms with Gasteiger partial charge in [0.2, 0.25) is 0 Å². The van der Waals surface area contributed by atoms with Gasteiger partial charge in [0, 0.05) is 30.9 Å². The van der Waals surface area contributed by atoms with Crippen LogP contribution in [0.5, 0.6) is 0 Å². The van der Waals surface area contributed by atoms with Crippen LogP contribution in [-0.2, 0) is 12.3 Å². The van der Waals surface area contributed by atoms with E-state index < -0.39 is 0 Å². The summed E-state index contributed by atoms with van der Waals surface area (Å²) in [6, 6.07) is 3.80. The van der Waals surface area contributed by atoms with E-state index in [0.717, 1.165) is 23.0 Å². The maximum absolute atomic E-state index is 5.72. The molecule has 0 aliphatic heterocycles. The van der Waals surface area contributed by atoms with E-state index in [9.17, 15) is 0 Å². The number of thioether (sulfide) groups is 1. The van der Waals surface area contributed by atoms with Gasteiger partial charge in [-0.3, -0.25) is 0 Å². The van der Waals surface area contributed by atoms with Crippen molar-refractivity contribution in [3.05, 3.63) is 41.4 Å². The molecule has 3 nitrogen and oxygen atoms in total. The van der Waals surface area contributed by atoms with Gasteiger partial charge in [0.25, 0.3) is 0 Å². The molecule has 2 aromatic rings. The van der Waals surface area contributed by atoms with Crippen LogP contribution in [0.1, 0.15) is 12.5 Å². The number of aryl methyl sites for hydroxylation is 1. The Hall–Kier alpha value is -1.00. The van der Waals surface area contributed by atoms with E-state index in [4.69, 9.17) is 11.6 Å². The zero-order chi connectivity index (χ0) is 11.4. The van der Waals surface area contributed by atoms with Gasteiger partial charge < -0.3 is 4.57 Å². The lowest BCUT2D eigenvalue weighted by atomic mass is 10.3. The Labute approximate surface area is 104 Å². The van der Waals surface area contributed by atoms with Gasteiger partial charge in [-0.15, -0.1) is 0 Å². The highest BCUT2D eigenvalue weighted by atomic mass is 35.5. The summed E-state index contributed by atoms with van der Waals surface area (Å²) in [5.41, 5.74) is 1.15. The summed E-state index contributed by atoms with van der Waals surface area (Å²) in [6.07, 6.45) is 5.61. The van der Waals surface area contributed by atoms with E-state index in [1.165, 1.54) is 0 Å². The molecule has 0 bridgehead atoms. The molecule has 84 valence electrons. The smallest absolute Gasteiger partial charge is 0.168 e. The van der Waals surface area contributed by atoms with Crippen molar-refractivity contribution >= 4 is 23.4 Å². The molecule has 2 aromatic heterocycles. The highest BCUT2D eigenvalue weighted by Gasteiger charge is 2.02. The molecule has 0 amide bonds. The van der Waals surface area contributed by atoms with Gasteiger partial charge in [-0.1, -0.05) is 29.4 Å². The summed E-state index contributed by atoms with van der Waals surface area (Å²) in [4.78, 5) is 8.35. The first-order valence-corrected chi connectivity index (χ1v) is 6.40. The number of imidazole rings is 1. The predicted molar refractivity (Wildman–Crippen MR) is 66.7 cm³/mol. The van der Waals surface area contributed by atoms with E-state index >= 15 is 0 Å². The average Bonchev–Trinajstić information content (AvgIpc) is 2.76. The van der Waals surface area contributed by atoms with Crippen LogP contribution in [0.3, 0.4) is 0 Å². The quantitative estimate of drug-likeness (QED) is 0.619. The summed E-state index contributed by atoms with van der Waals surface area (Å²) in [6.45, 7) is 3.05. The fourth-order valence-electron chi connectivity index (χ4n) is 1.32. The van der Waals surface area contributed by atoms with Crippen LogP contribution in [0.15, 0.2) is 35.9 Å². The number of pyridine rings is 1. The Bertz CT molecular complexity index is 453. The number of hydrogen-bond acceptors (Lipinski definition) is 3. The van der Waals surface area contributed by atoms with Crippen molar-refractivity contribution in [2.24, 2.45) is 0 Å². The van der Waals surface area contributed by atoms with Gasteiger partial charge in [0.1, 0.15) is 5.15 Å². The Morgan fingerprint density at radius 2 is 2.25 bits per heavy atom. The maximum atomic E-state index is 5.72. The molecule has 0 unspecified atom stereocenters. The van der Waals surface area contributed by atoms with Crippen LogP contribution in [0.4, 0.5) is 0 Å². The molecular weight excluding hydrogens is 242 g/mol. The van der Waals surface area contributed by atoms with Crippen LogP contribution in [0.25, 0.3) is 0 Å². The first-order valence-electron chi connectivity index (χ1n) is 5.04. The molecule has 2 rings (SSSR count). The molecule has 0 spiro atoms. The third-order valence-corrected chi connectivity index (χ3v) is 3.47. The molecule has 2 heterocycles. The van der Waals surface area contributed by atoms with Crippen LogP contribution < -0.4 is 0 Å². The third kappa shape index (κ3) is 2.77. The van der Waals surface area contributed by atoms with Gasteiger partial charge in [-0.05, 0) is 18.6 Å². The Balaban J connectivity index is 1.99. The fourth-order valence-corrected chi connectivity index (χ4v) is 2.39. The Kier molecular flexibility index (Phi) is 3.85. The minimum Gasteiger partial charge on any atom is -0.326 e. The summed E-state index contributed by atoms with van der Waals surface area (Å²) >= 11 is 7.43. The van der Waals surface area contributed by atoms with E-state index in [1.807, 2.05) is 24.5 Å². The lowest BCUT2D eigenvalue weighted by Crippen LogP contribution is -1.94. The van der Waals surface area contributed by atoms with E-state index in [1.54, 1.807) is 18.0 Å². The van der Waals surface area contributed by atoms with E-state index in [2.05, 4.69) is 21.5 Å². The number of aromatic nitrogens is 3. The zero-order valence-electron chi connectivity index (χ0n) is 8.93. The molecular formula is C11H12ClN3S. The lowest BCUT2D eigenvalue weighted by Gasteiger charge is -2.03. The second kappa shape index (κ2) is 5.37. The molecule has 0 aliphatic carbocycles. The maximum Gasteiger partial charge on any atom is 0.168 e. The van der Waals surface area contributed by atoms with Crippen molar-refractivity contribution in [3.63, 3.8) is 0 Å². The molecule has 0 aromatic carbocycles. The molecule has 0 N–H and O–H groups in total. The molecule has 0 atom stereocenters. The van der Waals surface area contributed by atoms with Crippen LogP contribution in [0, 0.1) is 0 Å². The largest absolute Gasteiger partial charge is 0.326 e. The fraction of sp³-hybridized carbons (Fsp3) is 0.273. The monoisotopic (exact) mass is 253 g/mol. The molecule has 0 radical (unpaired) electrons. The summed E-state index contributed by atoms with van der Waals surface area (Å²) < 4.78 is 2.12. The van der Waals surface area contributed by atoms with Gasteiger partial charge in [0.15, 0.2) is 5.16 Å². The Morgan fingerprint density at radius 3 is 2.94 bits per heavy atom. The van der Waals surface area contributed by atoms with Crippen molar-refractivity contribution in [1.29, 1.82) is 0 Å². The van der Waals surface area contributed by atoms with Crippen molar-refractivity contribution in [3.8, 4) is 0 Å².